The molecule has 3 heterocycles. The van der Waals surface area contributed by atoms with Gasteiger partial charge in [-0.1, -0.05) is 56.8 Å². The van der Waals surface area contributed by atoms with Gasteiger partial charge in [-0.3, -0.25) is 14.2 Å². The standard InChI is InChI=1S/C25H24ClN3O2.C2H6/c26-19-5-4-6-20-22(19)23(31)27-24-25(11-2-1-3-12-25)18-8-7-16(15-21(18)29(20)24)28-13-9-17(30)10-14-28;1-2/h4-8,15H,1-3,9-14H2;1-2H3. The Labute approximate surface area is 199 Å². The van der Waals surface area contributed by atoms with Crippen molar-refractivity contribution in [1.29, 1.82) is 0 Å². The average molecular weight is 464 g/mol. The first-order valence-electron chi connectivity index (χ1n) is 12.2. The van der Waals surface area contributed by atoms with Gasteiger partial charge in [0.1, 0.15) is 11.6 Å². The molecule has 1 saturated heterocycles. The van der Waals surface area contributed by atoms with Crippen LogP contribution in [0, 0.1) is 0 Å². The molecule has 0 N–H and O–H groups in total. The molecule has 33 heavy (non-hydrogen) atoms. The van der Waals surface area contributed by atoms with Crippen LogP contribution in [0.5, 0.6) is 0 Å². The van der Waals surface area contributed by atoms with Gasteiger partial charge in [-0.2, -0.15) is 4.98 Å². The molecule has 3 aliphatic rings. The maximum Gasteiger partial charge on any atom is 0.282 e. The minimum Gasteiger partial charge on any atom is -0.371 e. The highest BCUT2D eigenvalue weighted by atomic mass is 35.5. The van der Waals surface area contributed by atoms with Crippen LogP contribution in [-0.2, 0) is 10.2 Å². The van der Waals surface area contributed by atoms with Gasteiger partial charge in [0.15, 0.2) is 0 Å². The summed E-state index contributed by atoms with van der Waals surface area (Å²) >= 11 is 6.44. The van der Waals surface area contributed by atoms with Gasteiger partial charge in [0.2, 0.25) is 0 Å². The number of fused-ring (bicyclic) bond motifs is 7. The van der Waals surface area contributed by atoms with Gasteiger partial charge < -0.3 is 4.90 Å². The molecule has 6 rings (SSSR count). The Hall–Kier alpha value is -2.66. The normalized spacial score (nSPS) is 18.6. The molecule has 2 aromatic carbocycles. The largest absolute Gasteiger partial charge is 0.371 e. The molecule has 5 nitrogen and oxygen atoms in total. The van der Waals surface area contributed by atoms with Crippen molar-refractivity contribution in [2.45, 2.75) is 64.2 Å². The van der Waals surface area contributed by atoms with Crippen LogP contribution in [0.2, 0.25) is 5.02 Å². The minimum absolute atomic E-state index is 0.209. The lowest BCUT2D eigenvalue weighted by molar-refractivity contribution is -0.119. The highest BCUT2D eigenvalue weighted by Gasteiger charge is 2.46. The number of halogens is 1. The SMILES string of the molecule is CC.O=C1CCN(c2ccc3c(c2)-n2c(nc(=O)c4c(Cl)cccc42)C32CCCCC2)CC1. The molecule has 1 saturated carbocycles. The first kappa shape index (κ1) is 22.1. The van der Waals surface area contributed by atoms with Crippen LogP contribution in [0.3, 0.4) is 0 Å². The summed E-state index contributed by atoms with van der Waals surface area (Å²) in [5.41, 5.74) is 3.88. The Morgan fingerprint density at radius 3 is 2.42 bits per heavy atom. The third kappa shape index (κ3) is 3.40. The lowest BCUT2D eigenvalue weighted by Crippen LogP contribution is -2.34. The summed E-state index contributed by atoms with van der Waals surface area (Å²) < 4.78 is 2.18. The van der Waals surface area contributed by atoms with Crippen molar-refractivity contribution >= 4 is 34.0 Å². The molecule has 2 fully saturated rings. The maximum atomic E-state index is 13.0. The molecule has 172 valence electrons. The van der Waals surface area contributed by atoms with Crippen molar-refractivity contribution in [3.8, 4) is 5.69 Å². The number of ketones is 1. The van der Waals surface area contributed by atoms with E-state index < -0.39 is 0 Å². The first-order valence-corrected chi connectivity index (χ1v) is 12.6. The smallest absolute Gasteiger partial charge is 0.282 e. The number of aromatic nitrogens is 2. The maximum absolute atomic E-state index is 13.0. The third-order valence-electron chi connectivity index (χ3n) is 7.42. The summed E-state index contributed by atoms with van der Waals surface area (Å²) in [6.45, 7) is 5.51. The Morgan fingerprint density at radius 1 is 0.970 bits per heavy atom. The molecule has 2 aliphatic heterocycles. The molecule has 0 bridgehead atoms. The highest BCUT2D eigenvalue weighted by Crippen LogP contribution is 2.52. The fraction of sp³-hybridized carbons (Fsp3) is 0.444. The van der Waals surface area contributed by atoms with Crippen molar-refractivity contribution in [2.24, 2.45) is 0 Å². The van der Waals surface area contributed by atoms with Gasteiger partial charge in [-0.25, -0.2) is 0 Å². The van der Waals surface area contributed by atoms with Crippen LogP contribution < -0.4 is 10.5 Å². The second kappa shape index (κ2) is 8.60. The number of piperidine rings is 1. The molecule has 1 aromatic heterocycles. The predicted molar refractivity (Wildman–Crippen MR) is 134 cm³/mol. The number of hydrogen-bond donors (Lipinski definition) is 0. The van der Waals surface area contributed by atoms with Crippen molar-refractivity contribution in [3.05, 3.63) is 63.2 Å². The lowest BCUT2D eigenvalue weighted by Gasteiger charge is -2.34. The monoisotopic (exact) mass is 463 g/mol. The molecule has 1 spiro atoms. The van der Waals surface area contributed by atoms with E-state index in [4.69, 9.17) is 11.6 Å². The zero-order valence-corrected chi connectivity index (χ0v) is 20.1. The number of carbonyl (C=O) groups is 1. The van der Waals surface area contributed by atoms with E-state index in [0.717, 1.165) is 61.5 Å². The van der Waals surface area contributed by atoms with Gasteiger partial charge >= 0.3 is 0 Å². The molecular weight excluding hydrogens is 434 g/mol. The molecular formula is C27H30ClN3O2. The van der Waals surface area contributed by atoms with E-state index in [9.17, 15) is 9.59 Å². The molecule has 0 unspecified atom stereocenters. The quantitative estimate of drug-likeness (QED) is 0.457. The van der Waals surface area contributed by atoms with Crippen LogP contribution in [0.25, 0.3) is 16.6 Å². The number of rotatable bonds is 1. The van der Waals surface area contributed by atoms with Crippen molar-refractivity contribution < 1.29 is 4.79 Å². The molecule has 3 aromatic rings. The summed E-state index contributed by atoms with van der Waals surface area (Å²) in [4.78, 5) is 31.7. The Morgan fingerprint density at radius 2 is 1.70 bits per heavy atom. The Kier molecular flexibility index (Phi) is 5.77. The summed E-state index contributed by atoms with van der Waals surface area (Å²) in [5.74, 6) is 1.21. The second-order valence-corrected chi connectivity index (χ2v) is 9.49. The van der Waals surface area contributed by atoms with Crippen LogP contribution in [0.4, 0.5) is 5.69 Å². The molecule has 0 atom stereocenters. The van der Waals surface area contributed by atoms with Crippen LogP contribution in [0.1, 0.15) is 70.2 Å². The predicted octanol–water partition coefficient (Wildman–Crippen LogP) is 5.80. The first-order chi connectivity index (χ1) is 16.1. The second-order valence-electron chi connectivity index (χ2n) is 9.08. The van der Waals surface area contributed by atoms with Crippen molar-refractivity contribution in [3.63, 3.8) is 0 Å². The number of hydrogen-bond acceptors (Lipinski definition) is 4. The summed E-state index contributed by atoms with van der Waals surface area (Å²) in [5, 5.41) is 0.933. The van der Waals surface area contributed by atoms with E-state index >= 15 is 0 Å². The van der Waals surface area contributed by atoms with E-state index in [1.807, 2.05) is 26.0 Å². The van der Waals surface area contributed by atoms with E-state index in [2.05, 4.69) is 32.7 Å². The fourth-order valence-electron chi connectivity index (χ4n) is 5.88. The summed E-state index contributed by atoms with van der Waals surface area (Å²) in [6, 6.07) is 12.3. The number of carbonyl (C=O) groups excluding carboxylic acids is 1. The average Bonchev–Trinajstić information content (AvgIpc) is 3.10. The van der Waals surface area contributed by atoms with E-state index in [0.29, 0.717) is 29.0 Å². The Bertz CT molecular complexity index is 1280. The number of Topliss-reactive ketones (excluding diaryl/α,β-unsaturated/α-hetero) is 1. The van der Waals surface area contributed by atoms with Gasteiger partial charge in [-0.05, 0) is 42.7 Å². The summed E-state index contributed by atoms with van der Waals surface area (Å²) in [6.07, 6.45) is 6.72. The zero-order chi connectivity index (χ0) is 23.2. The molecule has 0 amide bonds. The number of nitrogens with zero attached hydrogens (tertiary/aromatic N) is 3. The van der Waals surface area contributed by atoms with E-state index in [-0.39, 0.29) is 11.0 Å². The van der Waals surface area contributed by atoms with E-state index in [1.54, 1.807) is 6.07 Å². The van der Waals surface area contributed by atoms with Gasteiger partial charge in [0, 0.05) is 31.6 Å². The van der Waals surface area contributed by atoms with Crippen LogP contribution in [0.15, 0.2) is 41.2 Å². The highest BCUT2D eigenvalue weighted by molar-refractivity contribution is 6.35. The van der Waals surface area contributed by atoms with Crippen molar-refractivity contribution in [2.75, 3.05) is 18.0 Å². The van der Waals surface area contributed by atoms with Gasteiger partial charge in [0.05, 0.1) is 27.0 Å². The lowest BCUT2D eigenvalue weighted by atomic mass is 9.70. The molecule has 0 radical (unpaired) electrons. The Balaban J connectivity index is 0.00000111. The van der Waals surface area contributed by atoms with Crippen LogP contribution in [-0.4, -0.2) is 28.4 Å². The number of anilines is 1. The zero-order valence-electron chi connectivity index (χ0n) is 19.4. The fourth-order valence-corrected chi connectivity index (χ4v) is 6.13. The van der Waals surface area contributed by atoms with E-state index in [1.165, 1.54) is 12.0 Å². The molecule has 1 aliphatic carbocycles. The van der Waals surface area contributed by atoms with Gasteiger partial charge in [0.25, 0.3) is 5.56 Å². The topological polar surface area (TPSA) is 55.2 Å². The van der Waals surface area contributed by atoms with Crippen molar-refractivity contribution in [1.82, 2.24) is 9.55 Å². The van der Waals surface area contributed by atoms with Crippen LogP contribution >= 0.6 is 11.6 Å². The minimum atomic E-state index is -0.237. The molecule has 6 heteroatoms. The number of benzene rings is 2. The third-order valence-corrected chi connectivity index (χ3v) is 7.74. The summed E-state index contributed by atoms with van der Waals surface area (Å²) in [7, 11) is 0. The van der Waals surface area contributed by atoms with Gasteiger partial charge in [-0.15, -0.1) is 0 Å².